The Hall–Kier alpha value is -2.48. The van der Waals surface area contributed by atoms with Gasteiger partial charge in [0, 0.05) is 23.5 Å². The third-order valence-corrected chi connectivity index (χ3v) is 4.92. The summed E-state index contributed by atoms with van der Waals surface area (Å²) in [5, 5.41) is 0. The van der Waals surface area contributed by atoms with Gasteiger partial charge in [-0.3, -0.25) is 0 Å². The summed E-state index contributed by atoms with van der Waals surface area (Å²) in [5.74, 6) is 8.87. The number of hydrogen-bond acceptors (Lipinski definition) is 4. The van der Waals surface area contributed by atoms with Crippen molar-refractivity contribution in [3.63, 3.8) is 0 Å². The molecule has 0 aromatic heterocycles. The molecule has 1 aliphatic heterocycles. The fourth-order valence-electron chi connectivity index (χ4n) is 3.14. The van der Waals surface area contributed by atoms with Gasteiger partial charge in [0.2, 0.25) is 0 Å². The molecule has 1 saturated carbocycles. The Morgan fingerprint density at radius 1 is 1.07 bits per heavy atom. The SMILES string of the molecule is COc1ccc(OCC2COCCO2)cc1Cc1ccc(C#CC2CC2)cc1. The summed E-state index contributed by atoms with van der Waals surface area (Å²) in [7, 11) is 1.70. The third kappa shape index (κ3) is 5.28. The normalized spacial score (nSPS) is 18.8. The average molecular weight is 378 g/mol. The van der Waals surface area contributed by atoms with E-state index in [1.54, 1.807) is 7.11 Å². The zero-order valence-corrected chi connectivity index (χ0v) is 16.3. The van der Waals surface area contributed by atoms with Gasteiger partial charge in [0.1, 0.15) is 24.2 Å². The van der Waals surface area contributed by atoms with Crippen LogP contribution in [-0.4, -0.2) is 39.6 Å². The smallest absolute Gasteiger partial charge is 0.122 e. The van der Waals surface area contributed by atoms with E-state index in [0.717, 1.165) is 29.0 Å². The highest BCUT2D eigenvalue weighted by atomic mass is 16.6. The van der Waals surface area contributed by atoms with Crippen molar-refractivity contribution >= 4 is 0 Å². The third-order valence-electron chi connectivity index (χ3n) is 4.92. The molecule has 0 bridgehead atoms. The maximum Gasteiger partial charge on any atom is 0.122 e. The Labute approximate surface area is 166 Å². The lowest BCUT2D eigenvalue weighted by molar-refractivity contribution is -0.101. The summed E-state index contributed by atoms with van der Waals surface area (Å²) < 4.78 is 22.5. The van der Waals surface area contributed by atoms with Crippen LogP contribution in [0.1, 0.15) is 29.5 Å². The van der Waals surface area contributed by atoms with Gasteiger partial charge in [0.05, 0.1) is 26.9 Å². The molecule has 0 N–H and O–H groups in total. The molecule has 0 amide bonds. The van der Waals surface area contributed by atoms with Crippen LogP contribution in [0.4, 0.5) is 0 Å². The lowest BCUT2D eigenvalue weighted by Gasteiger charge is -2.23. The first-order chi connectivity index (χ1) is 13.8. The van der Waals surface area contributed by atoms with Crippen molar-refractivity contribution in [3.05, 3.63) is 59.2 Å². The molecule has 4 nitrogen and oxygen atoms in total. The Balaban J connectivity index is 1.41. The summed E-state index contributed by atoms with van der Waals surface area (Å²) in [6, 6.07) is 14.4. The van der Waals surface area contributed by atoms with Gasteiger partial charge in [-0.1, -0.05) is 24.0 Å². The minimum absolute atomic E-state index is 0.0106. The van der Waals surface area contributed by atoms with E-state index in [1.807, 2.05) is 18.2 Å². The number of rotatable bonds is 6. The summed E-state index contributed by atoms with van der Waals surface area (Å²) >= 11 is 0. The molecule has 0 radical (unpaired) electrons. The molecule has 2 aliphatic rings. The summed E-state index contributed by atoms with van der Waals surface area (Å²) in [4.78, 5) is 0. The molecule has 1 saturated heterocycles. The molecule has 2 fully saturated rings. The number of methoxy groups -OCH3 is 1. The molecule has 2 aromatic carbocycles. The predicted molar refractivity (Wildman–Crippen MR) is 108 cm³/mol. The van der Waals surface area contributed by atoms with Gasteiger partial charge in [-0.05, 0) is 48.7 Å². The van der Waals surface area contributed by atoms with E-state index in [-0.39, 0.29) is 6.10 Å². The second-order valence-corrected chi connectivity index (χ2v) is 7.27. The lowest BCUT2D eigenvalue weighted by Crippen LogP contribution is -2.33. The van der Waals surface area contributed by atoms with Crippen molar-refractivity contribution in [2.45, 2.75) is 25.4 Å². The van der Waals surface area contributed by atoms with Gasteiger partial charge in [-0.25, -0.2) is 0 Å². The second-order valence-electron chi connectivity index (χ2n) is 7.27. The molecule has 1 aliphatic carbocycles. The van der Waals surface area contributed by atoms with Crippen LogP contribution in [0.15, 0.2) is 42.5 Å². The predicted octanol–water partition coefficient (Wildman–Crippen LogP) is 3.84. The quantitative estimate of drug-likeness (QED) is 0.716. The molecule has 4 heteroatoms. The van der Waals surface area contributed by atoms with Crippen LogP contribution in [0.5, 0.6) is 11.5 Å². The van der Waals surface area contributed by atoms with Crippen LogP contribution in [0, 0.1) is 17.8 Å². The van der Waals surface area contributed by atoms with Crippen molar-refractivity contribution in [2.24, 2.45) is 5.92 Å². The van der Waals surface area contributed by atoms with Crippen molar-refractivity contribution in [1.82, 2.24) is 0 Å². The number of ether oxygens (including phenoxy) is 4. The highest BCUT2D eigenvalue weighted by Crippen LogP contribution is 2.28. The van der Waals surface area contributed by atoms with Crippen LogP contribution in [0.3, 0.4) is 0 Å². The van der Waals surface area contributed by atoms with Crippen molar-refractivity contribution in [3.8, 4) is 23.3 Å². The largest absolute Gasteiger partial charge is 0.496 e. The average Bonchev–Trinajstić information content (AvgIpc) is 3.57. The van der Waals surface area contributed by atoms with E-state index in [1.165, 1.54) is 18.4 Å². The Bertz CT molecular complexity index is 837. The maximum absolute atomic E-state index is 5.92. The van der Waals surface area contributed by atoms with Gasteiger partial charge in [-0.2, -0.15) is 0 Å². The van der Waals surface area contributed by atoms with Gasteiger partial charge < -0.3 is 18.9 Å². The highest BCUT2D eigenvalue weighted by molar-refractivity contribution is 5.44. The first-order valence-corrected chi connectivity index (χ1v) is 9.90. The molecule has 28 heavy (non-hydrogen) atoms. The van der Waals surface area contributed by atoms with Crippen LogP contribution in [0.25, 0.3) is 0 Å². The van der Waals surface area contributed by atoms with Gasteiger partial charge in [0.15, 0.2) is 0 Å². The molecule has 146 valence electrons. The summed E-state index contributed by atoms with van der Waals surface area (Å²) in [6.07, 6.45) is 3.27. The minimum Gasteiger partial charge on any atom is -0.496 e. The van der Waals surface area contributed by atoms with Gasteiger partial charge in [0.25, 0.3) is 0 Å². The fourth-order valence-corrected chi connectivity index (χ4v) is 3.14. The molecule has 1 atom stereocenters. The maximum atomic E-state index is 5.92. The molecule has 1 heterocycles. The van der Waals surface area contributed by atoms with Crippen LogP contribution < -0.4 is 9.47 Å². The Kier molecular flexibility index (Phi) is 6.16. The number of benzene rings is 2. The second kappa shape index (κ2) is 9.14. The zero-order chi connectivity index (χ0) is 19.2. The lowest BCUT2D eigenvalue weighted by atomic mass is 10.0. The van der Waals surface area contributed by atoms with Gasteiger partial charge >= 0.3 is 0 Å². The number of hydrogen-bond donors (Lipinski definition) is 0. The van der Waals surface area contributed by atoms with E-state index in [4.69, 9.17) is 18.9 Å². The zero-order valence-electron chi connectivity index (χ0n) is 16.3. The molecule has 2 aromatic rings. The minimum atomic E-state index is -0.0106. The molecule has 0 spiro atoms. The first-order valence-electron chi connectivity index (χ1n) is 9.90. The van der Waals surface area contributed by atoms with Crippen LogP contribution in [0.2, 0.25) is 0 Å². The topological polar surface area (TPSA) is 36.9 Å². The summed E-state index contributed by atoms with van der Waals surface area (Å²) in [6.45, 7) is 2.36. The van der Waals surface area contributed by atoms with Crippen molar-refractivity contribution < 1.29 is 18.9 Å². The van der Waals surface area contributed by atoms with E-state index < -0.39 is 0 Å². The van der Waals surface area contributed by atoms with E-state index in [2.05, 4.69) is 36.1 Å². The fraction of sp³-hybridized carbons (Fsp3) is 0.417. The highest BCUT2D eigenvalue weighted by Gasteiger charge is 2.18. The van der Waals surface area contributed by atoms with Crippen LogP contribution in [-0.2, 0) is 15.9 Å². The van der Waals surface area contributed by atoms with Gasteiger partial charge in [-0.15, -0.1) is 0 Å². The van der Waals surface area contributed by atoms with Crippen molar-refractivity contribution in [1.29, 1.82) is 0 Å². The molecule has 4 rings (SSSR count). The van der Waals surface area contributed by atoms with E-state index in [9.17, 15) is 0 Å². The molecular weight excluding hydrogens is 352 g/mol. The van der Waals surface area contributed by atoms with E-state index >= 15 is 0 Å². The van der Waals surface area contributed by atoms with Crippen molar-refractivity contribution in [2.75, 3.05) is 33.5 Å². The standard InChI is InChI=1S/C24H26O4/c1-25-24-11-10-22(28-17-23-16-26-12-13-27-23)15-21(24)14-20-8-6-19(7-9-20)5-4-18-2-3-18/h6-11,15,18,23H,2-3,12-14,16-17H2,1H3. The Morgan fingerprint density at radius 2 is 1.93 bits per heavy atom. The van der Waals surface area contributed by atoms with Crippen LogP contribution >= 0.6 is 0 Å². The monoisotopic (exact) mass is 378 g/mol. The summed E-state index contributed by atoms with van der Waals surface area (Å²) in [5.41, 5.74) is 3.39. The molecular formula is C24H26O4. The first kappa shape index (κ1) is 18.9. The Morgan fingerprint density at radius 3 is 2.64 bits per heavy atom. The van der Waals surface area contributed by atoms with E-state index in [0.29, 0.717) is 32.3 Å². The molecule has 1 unspecified atom stereocenters.